The zero-order chi connectivity index (χ0) is 12.3. The summed E-state index contributed by atoms with van der Waals surface area (Å²) in [7, 11) is 3.04. The number of hydrogen-bond donors (Lipinski definition) is 0. The van der Waals surface area contributed by atoms with Crippen LogP contribution in [0.15, 0.2) is 12.3 Å². The number of ether oxygens (including phenoxy) is 2. The average molecular weight is 234 g/mol. The van der Waals surface area contributed by atoms with Gasteiger partial charge in [0, 0.05) is 12.6 Å². The number of ketones is 1. The Bertz CT molecular complexity index is 469. The number of methoxy groups -OCH3 is 2. The molecule has 0 amide bonds. The second kappa shape index (κ2) is 4.95. The molecule has 0 aliphatic heterocycles. The van der Waals surface area contributed by atoms with E-state index in [0.29, 0.717) is 12.3 Å². The largest absolute Gasteiger partial charge is 0.480 e. The van der Waals surface area contributed by atoms with E-state index in [2.05, 4.69) is 9.97 Å². The Hall–Kier alpha value is -1.91. The van der Waals surface area contributed by atoms with Crippen LogP contribution in [0.5, 0.6) is 11.9 Å². The van der Waals surface area contributed by atoms with Crippen molar-refractivity contribution in [2.75, 3.05) is 14.2 Å². The Morgan fingerprint density at radius 1 is 1.24 bits per heavy atom. The van der Waals surface area contributed by atoms with Gasteiger partial charge in [0.05, 0.1) is 19.8 Å². The van der Waals surface area contributed by atoms with Crippen molar-refractivity contribution in [2.24, 2.45) is 0 Å². The second-order valence-electron chi connectivity index (χ2n) is 3.77. The van der Waals surface area contributed by atoms with Crippen LogP contribution in [0.1, 0.15) is 24.8 Å². The molecule has 1 aromatic rings. The zero-order valence-electron chi connectivity index (χ0n) is 9.90. The highest BCUT2D eigenvalue weighted by Crippen LogP contribution is 2.30. The molecule has 0 fully saturated rings. The molecule has 1 heterocycles. The number of rotatable bonds is 3. The summed E-state index contributed by atoms with van der Waals surface area (Å²) in [5.41, 5.74) is 1.70. The summed E-state index contributed by atoms with van der Waals surface area (Å²) in [4.78, 5) is 19.5. The molecule has 0 aromatic carbocycles. The minimum atomic E-state index is 0.143. The van der Waals surface area contributed by atoms with Crippen LogP contribution < -0.4 is 9.47 Å². The normalized spacial score (nSPS) is 15.4. The molecule has 2 rings (SSSR count). The Morgan fingerprint density at radius 2 is 2.06 bits per heavy atom. The molecule has 0 radical (unpaired) electrons. The third-order valence-electron chi connectivity index (χ3n) is 2.66. The van der Waals surface area contributed by atoms with Crippen LogP contribution in [0, 0.1) is 0 Å². The van der Waals surface area contributed by atoms with E-state index in [-0.39, 0.29) is 11.8 Å². The quantitative estimate of drug-likeness (QED) is 0.795. The summed E-state index contributed by atoms with van der Waals surface area (Å²) in [6.07, 6.45) is 5.60. The predicted molar refractivity (Wildman–Crippen MR) is 62.0 cm³/mol. The summed E-state index contributed by atoms with van der Waals surface area (Å²) < 4.78 is 10.1. The van der Waals surface area contributed by atoms with Gasteiger partial charge < -0.3 is 9.47 Å². The fourth-order valence-corrected chi connectivity index (χ4v) is 1.83. The molecule has 1 aliphatic carbocycles. The highest BCUT2D eigenvalue weighted by atomic mass is 16.5. The Kier molecular flexibility index (Phi) is 3.37. The maximum atomic E-state index is 11.4. The molecular weight excluding hydrogens is 220 g/mol. The van der Waals surface area contributed by atoms with Crippen LogP contribution in [0.3, 0.4) is 0 Å². The van der Waals surface area contributed by atoms with Crippen molar-refractivity contribution in [3.63, 3.8) is 0 Å². The molecule has 17 heavy (non-hydrogen) atoms. The first kappa shape index (κ1) is 11.6. The molecule has 0 atom stereocenters. The maximum absolute atomic E-state index is 11.4. The van der Waals surface area contributed by atoms with E-state index in [1.54, 1.807) is 12.3 Å². The van der Waals surface area contributed by atoms with Crippen LogP contribution >= 0.6 is 0 Å². The molecule has 1 aromatic heterocycles. The Balaban J connectivity index is 2.41. The van der Waals surface area contributed by atoms with E-state index < -0.39 is 0 Å². The van der Waals surface area contributed by atoms with Gasteiger partial charge in [-0.1, -0.05) is 0 Å². The topological polar surface area (TPSA) is 61.3 Å². The van der Waals surface area contributed by atoms with Gasteiger partial charge in [-0.2, -0.15) is 4.98 Å². The van der Waals surface area contributed by atoms with Crippen LogP contribution in [-0.2, 0) is 4.79 Å². The molecule has 0 spiro atoms. The number of carbonyl (C=O) groups excluding carboxylic acids is 1. The van der Waals surface area contributed by atoms with Gasteiger partial charge >= 0.3 is 6.01 Å². The van der Waals surface area contributed by atoms with Gasteiger partial charge in [0.1, 0.15) is 0 Å². The lowest BCUT2D eigenvalue weighted by molar-refractivity contribution is -0.114. The molecule has 5 nitrogen and oxygen atoms in total. The van der Waals surface area contributed by atoms with Crippen LogP contribution in [0.25, 0.3) is 5.57 Å². The molecule has 5 heteroatoms. The zero-order valence-corrected chi connectivity index (χ0v) is 9.90. The van der Waals surface area contributed by atoms with Crippen molar-refractivity contribution in [1.82, 2.24) is 9.97 Å². The number of nitrogens with zero attached hydrogens (tertiary/aromatic N) is 2. The van der Waals surface area contributed by atoms with Crippen molar-refractivity contribution < 1.29 is 14.3 Å². The average Bonchev–Trinajstić information content (AvgIpc) is 2.38. The Labute approximate surface area is 99.5 Å². The van der Waals surface area contributed by atoms with E-state index >= 15 is 0 Å². The third kappa shape index (κ3) is 2.43. The molecule has 0 saturated carbocycles. The van der Waals surface area contributed by atoms with Crippen molar-refractivity contribution >= 4 is 11.4 Å². The number of carbonyl (C=O) groups is 1. The van der Waals surface area contributed by atoms with Crippen LogP contribution in [-0.4, -0.2) is 30.0 Å². The van der Waals surface area contributed by atoms with Gasteiger partial charge in [0.15, 0.2) is 5.78 Å². The molecule has 90 valence electrons. The lowest BCUT2D eigenvalue weighted by Crippen LogP contribution is -2.05. The monoisotopic (exact) mass is 234 g/mol. The van der Waals surface area contributed by atoms with E-state index in [1.807, 2.05) is 0 Å². The summed E-state index contributed by atoms with van der Waals surface area (Å²) in [5, 5.41) is 0. The van der Waals surface area contributed by atoms with E-state index in [0.717, 1.165) is 24.0 Å². The van der Waals surface area contributed by atoms with Gasteiger partial charge in [-0.25, -0.2) is 4.98 Å². The standard InChI is InChI=1S/C12H14N2O3/c1-16-11-10(7-13-12(14-11)17-2)8-4-3-5-9(15)6-8/h6-7H,3-5H2,1-2H3. The summed E-state index contributed by atoms with van der Waals surface area (Å²) in [6, 6.07) is 0.258. The third-order valence-corrected chi connectivity index (χ3v) is 2.66. The maximum Gasteiger partial charge on any atom is 0.319 e. The minimum Gasteiger partial charge on any atom is -0.480 e. The van der Waals surface area contributed by atoms with E-state index in [9.17, 15) is 4.79 Å². The van der Waals surface area contributed by atoms with Crippen molar-refractivity contribution in [3.05, 3.63) is 17.8 Å². The smallest absolute Gasteiger partial charge is 0.319 e. The number of hydrogen-bond acceptors (Lipinski definition) is 5. The fraction of sp³-hybridized carbons (Fsp3) is 0.417. The highest BCUT2D eigenvalue weighted by molar-refractivity contribution is 5.98. The lowest BCUT2D eigenvalue weighted by Gasteiger charge is -2.14. The van der Waals surface area contributed by atoms with Gasteiger partial charge in [0.25, 0.3) is 0 Å². The lowest BCUT2D eigenvalue weighted by atomic mass is 9.94. The SMILES string of the molecule is COc1ncc(C2=CC(=O)CCC2)c(OC)n1. The molecule has 0 N–H and O–H groups in total. The number of aromatic nitrogens is 2. The summed E-state index contributed by atoms with van der Waals surface area (Å²) in [5.74, 6) is 0.585. The fourth-order valence-electron chi connectivity index (χ4n) is 1.83. The van der Waals surface area contributed by atoms with Gasteiger partial charge in [0.2, 0.25) is 5.88 Å². The first-order valence-corrected chi connectivity index (χ1v) is 5.43. The summed E-state index contributed by atoms with van der Waals surface area (Å²) in [6.45, 7) is 0. The van der Waals surface area contributed by atoms with E-state index in [1.165, 1.54) is 14.2 Å². The van der Waals surface area contributed by atoms with Crippen LogP contribution in [0.2, 0.25) is 0 Å². The highest BCUT2D eigenvalue weighted by Gasteiger charge is 2.17. The Morgan fingerprint density at radius 3 is 2.71 bits per heavy atom. The molecule has 0 unspecified atom stereocenters. The molecule has 0 bridgehead atoms. The molecular formula is C12H14N2O3. The molecule has 0 saturated heterocycles. The number of allylic oxidation sites excluding steroid dienone is 2. The predicted octanol–water partition coefficient (Wildman–Crippen LogP) is 1.63. The minimum absolute atomic E-state index is 0.143. The van der Waals surface area contributed by atoms with Crippen molar-refractivity contribution in [1.29, 1.82) is 0 Å². The van der Waals surface area contributed by atoms with E-state index in [4.69, 9.17) is 9.47 Å². The molecule has 1 aliphatic rings. The van der Waals surface area contributed by atoms with Crippen LogP contribution in [0.4, 0.5) is 0 Å². The first-order valence-electron chi connectivity index (χ1n) is 5.43. The summed E-state index contributed by atoms with van der Waals surface area (Å²) >= 11 is 0. The second-order valence-corrected chi connectivity index (χ2v) is 3.77. The van der Waals surface area contributed by atoms with Gasteiger partial charge in [-0.05, 0) is 24.5 Å². The van der Waals surface area contributed by atoms with Crippen molar-refractivity contribution in [2.45, 2.75) is 19.3 Å². The van der Waals surface area contributed by atoms with Crippen molar-refractivity contribution in [3.8, 4) is 11.9 Å². The first-order chi connectivity index (χ1) is 8.24. The van der Waals surface area contributed by atoms with Gasteiger partial charge in [-0.15, -0.1) is 0 Å². The van der Waals surface area contributed by atoms with Gasteiger partial charge in [-0.3, -0.25) is 4.79 Å².